The molecule has 86 valence electrons. The number of hydrogen-bond acceptors (Lipinski definition) is 2. The Morgan fingerprint density at radius 3 is 2.69 bits per heavy atom. The van der Waals surface area contributed by atoms with Crippen LogP contribution in [0, 0.1) is 5.82 Å². The monoisotopic (exact) mass is 223 g/mol. The highest BCUT2D eigenvalue weighted by atomic mass is 19.1. The highest BCUT2D eigenvalue weighted by Crippen LogP contribution is 2.26. The Morgan fingerprint density at radius 1 is 1.38 bits per heavy atom. The molecule has 0 radical (unpaired) electrons. The van der Waals surface area contributed by atoms with E-state index in [2.05, 4.69) is 4.90 Å². The maximum Gasteiger partial charge on any atom is 0.308 e. The number of aliphatic carboxylic acids is 1. The van der Waals surface area contributed by atoms with Crippen LogP contribution in [0.4, 0.5) is 10.1 Å². The molecule has 0 unspecified atom stereocenters. The van der Waals surface area contributed by atoms with Crippen molar-refractivity contribution in [3.8, 4) is 0 Å². The fourth-order valence-electron chi connectivity index (χ4n) is 2.13. The Bertz CT molecular complexity index is 400. The van der Waals surface area contributed by atoms with Gasteiger partial charge in [-0.15, -0.1) is 0 Å². The molecule has 1 saturated heterocycles. The van der Waals surface area contributed by atoms with E-state index >= 15 is 0 Å². The highest BCUT2D eigenvalue weighted by molar-refractivity contribution is 5.74. The number of anilines is 1. The molecule has 1 N–H and O–H groups in total. The average Bonchev–Trinajstić information content (AvgIpc) is 2.73. The minimum Gasteiger partial charge on any atom is -0.481 e. The van der Waals surface area contributed by atoms with Crippen LogP contribution < -0.4 is 4.90 Å². The fraction of sp³-hybridized carbons (Fsp3) is 0.417. The fourth-order valence-corrected chi connectivity index (χ4v) is 2.13. The van der Waals surface area contributed by atoms with Gasteiger partial charge >= 0.3 is 5.97 Å². The third kappa shape index (κ3) is 2.15. The maximum absolute atomic E-state index is 13.6. The molecule has 1 aliphatic rings. The van der Waals surface area contributed by atoms with Gasteiger partial charge in [0.1, 0.15) is 5.82 Å². The van der Waals surface area contributed by atoms with E-state index < -0.39 is 11.8 Å². The lowest BCUT2D eigenvalue weighted by molar-refractivity contribution is -0.136. The lowest BCUT2D eigenvalue weighted by atomic mass is 10.1. The first kappa shape index (κ1) is 10.9. The van der Waals surface area contributed by atoms with Crippen LogP contribution in [-0.2, 0) is 11.2 Å². The Kier molecular flexibility index (Phi) is 3.08. The number of benzene rings is 1. The molecule has 0 spiro atoms. The summed E-state index contributed by atoms with van der Waals surface area (Å²) in [6.07, 6.45) is 1.92. The van der Waals surface area contributed by atoms with E-state index in [-0.39, 0.29) is 6.42 Å². The van der Waals surface area contributed by atoms with Crippen LogP contribution in [0.2, 0.25) is 0 Å². The molecule has 1 aromatic rings. The number of halogens is 1. The Hall–Kier alpha value is -1.58. The second kappa shape index (κ2) is 4.51. The summed E-state index contributed by atoms with van der Waals surface area (Å²) in [7, 11) is 0. The normalized spacial score (nSPS) is 15.4. The van der Waals surface area contributed by atoms with Gasteiger partial charge in [-0.2, -0.15) is 0 Å². The third-order valence-corrected chi connectivity index (χ3v) is 2.87. The van der Waals surface area contributed by atoms with E-state index in [4.69, 9.17) is 5.11 Å². The minimum atomic E-state index is -0.995. The van der Waals surface area contributed by atoms with Gasteiger partial charge in [-0.1, -0.05) is 6.07 Å². The second-order valence-electron chi connectivity index (χ2n) is 4.00. The molecule has 16 heavy (non-hydrogen) atoms. The number of nitrogens with zero attached hydrogens (tertiary/aromatic N) is 1. The van der Waals surface area contributed by atoms with Crippen molar-refractivity contribution in [2.45, 2.75) is 19.3 Å². The molecule has 1 fully saturated rings. The quantitative estimate of drug-likeness (QED) is 0.852. The van der Waals surface area contributed by atoms with Crippen LogP contribution >= 0.6 is 0 Å². The number of carbonyl (C=O) groups is 1. The molecule has 0 saturated carbocycles. The predicted molar refractivity (Wildman–Crippen MR) is 59.2 cm³/mol. The summed E-state index contributed by atoms with van der Waals surface area (Å²) in [6.45, 7) is 1.77. The summed E-state index contributed by atoms with van der Waals surface area (Å²) in [4.78, 5) is 12.8. The van der Waals surface area contributed by atoms with Crippen molar-refractivity contribution in [2.24, 2.45) is 0 Å². The summed E-state index contributed by atoms with van der Waals surface area (Å²) >= 11 is 0. The first-order chi connectivity index (χ1) is 7.68. The van der Waals surface area contributed by atoms with Crippen molar-refractivity contribution in [3.05, 3.63) is 29.6 Å². The van der Waals surface area contributed by atoms with E-state index in [1.54, 1.807) is 12.1 Å². The van der Waals surface area contributed by atoms with Gasteiger partial charge in [0.15, 0.2) is 0 Å². The van der Waals surface area contributed by atoms with Gasteiger partial charge in [0.25, 0.3) is 0 Å². The smallest absolute Gasteiger partial charge is 0.308 e. The molecular formula is C12H14FNO2. The number of carboxylic acid groups (broad SMARTS) is 1. The molecule has 0 amide bonds. The van der Waals surface area contributed by atoms with E-state index in [9.17, 15) is 9.18 Å². The van der Waals surface area contributed by atoms with E-state index in [1.807, 2.05) is 0 Å². The van der Waals surface area contributed by atoms with Crippen LogP contribution in [0.5, 0.6) is 0 Å². The molecule has 2 rings (SSSR count). The summed E-state index contributed by atoms with van der Waals surface area (Å²) in [6, 6.07) is 4.75. The Labute approximate surface area is 93.5 Å². The first-order valence-corrected chi connectivity index (χ1v) is 5.42. The zero-order valence-electron chi connectivity index (χ0n) is 8.95. The molecule has 0 aromatic heterocycles. The molecule has 0 aliphatic carbocycles. The average molecular weight is 223 g/mol. The van der Waals surface area contributed by atoms with Crippen LogP contribution in [0.25, 0.3) is 0 Å². The lowest BCUT2D eigenvalue weighted by Gasteiger charge is -2.21. The summed E-state index contributed by atoms with van der Waals surface area (Å²) in [5, 5.41) is 8.77. The lowest BCUT2D eigenvalue weighted by Crippen LogP contribution is -2.20. The van der Waals surface area contributed by atoms with Gasteiger partial charge in [-0.05, 0) is 25.0 Å². The van der Waals surface area contributed by atoms with Crippen LogP contribution in [0.3, 0.4) is 0 Å². The van der Waals surface area contributed by atoms with Gasteiger partial charge < -0.3 is 10.0 Å². The molecule has 3 nitrogen and oxygen atoms in total. The van der Waals surface area contributed by atoms with Crippen molar-refractivity contribution in [1.82, 2.24) is 0 Å². The summed E-state index contributed by atoms with van der Waals surface area (Å²) < 4.78 is 13.6. The van der Waals surface area contributed by atoms with Crippen molar-refractivity contribution >= 4 is 11.7 Å². The van der Waals surface area contributed by atoms with Gasteiger partial charge in [-0.3, -0.25) is 4.79 Å². The minimum absolute atomic E-state index is 0.251. The van der Waals surface area contributed by atoms with Gasteiger partial charge in [0.2, 0.25) is 0 Å². The molecule has 0 bridgehead atoms. The molecule has 1 aromatic carbocycles. The van der Waals surface area contributed by atoms with Crippen LogP contribution in [-0.4, -0.2) is 24.2 Å². The number of carboxylic acids is 1. The predicted octanol–water partition coefficient (Wildman–Crippen LogP) is 2.05. The Morgan fingerprint density at radius 2 is 2.06 bits per heavy atom. The summed E-state index contributed by atoms with van der Waals surface area (Å²) in [5.41, 5.74) is 1.04. The van der Waals surface area contributed by atoms with Crippen LogP contribution in [0.1, 0.15) is 18.4 Å². The number of hydrogen-bond donors (Lipinski definition) is 1. The topological polar surface area (TPSA) is 40.5 Å². The van der Waals surface area contributed by atoms with Gasteiger partial charge in [0.05, 0.1) is 6.42 Å². The molecule has 1 aliphatic heterocycles. The summed E-state index contributed by atoms with van der Waals surface area (Å²) in [5.74, 6) is -1.42. The van der Waals surface area contributed by atoms with Crippen molar-refractivity contribution < 1.29 is 14.3 Å². The number of rotatable bonds is 3. The van der Waals surface area contributed by atoms with Crippen molar-refractivity contribution in [2.75, 3.05) is 18.0 Å². The van der Waals surface area contributed by atoms with Crippen LogP contribution in [0.15, 0.2) is 18.2 Å². The Balaban J connectivity index is 2.34. The molecule has 1 heterocycles. The van der Waals surface area contributed by atoms with E-state index in [0.717, 1.165) is 31.6 Å². The standard InChI is InChI=1S/C12H14FNO2/c13-10-4-3-5-11(9(10)8-12(15)16)14-6-1-2-7-14/h3-5H,1-2,6-8H2,(H,15,16). The van der Waals surface area contributed by atoms with Gasteiger partial charge in [-0.25, -0.2) is 4.39 Å². The highest BCUT2D eigenvalue weighted by Gasteiger charge is 2.19. The molecular weight excluding hydrogens is 209 g/mol. The van der Waals surface area contributed by atoms with Crippen molar-refractivity contribution in [1.29, 1.82) is 0 Å². The molecule has 4 heteroatoms. The zero-order chi connectivity index (χ0) is 11.5. The molecule has 0 atom stereocenters. The van der Waals surface area contributed by atoms with Gasteiger partial charge in [0, 0.05) is 24.3 Å². The zero-order valence-corrected chi connectivity index (χ0v) is 8.95. The SMILES string of the molecule is O=C(O)Cc1c(F)cccc1N1CCCC1. The first-order valence-electron chi connectivity index (χ1n) is 5.42. The second-order valence-corrected chi connectivity index (χ2v) is 4.00. The van der Waals surface area contributed by atoms with E-state index in [0.29, 0.717) is 5.56 Å². The largest absolute Gasteiger partial charge is 0.481 e. The van der Waals surface area contributed by atoms with E-state index in [1.165, 1.54) is 6.07 Å². The van der Waals surface area contributed by atoms with Crippen molar-refractivity contribution in [3.63, 3.8) is 0 Å². The maximum atomic E-state index is 13.6. The third-order valence-electron chi connectivity index (χ3n) is 2.87.